The number of fused-ring (bicyclic) bond motifs is 2. The lowest BCUT2D eigenvalue weighted by atomic mass is 10.1. The van der Waals surface area contributed by atoms with Crippen LogP contribution in [0.4, 0.5) is 0 Å². The molecule has 0 aliphatic heterocycles. The van der Waals surface area contributed by atoms with Gasteiger partial charge in [-0.25, -0.2) is 0 Å². The van der Waals surface area contributed by atoms with E-state index in [1.165, 1.54) is 6.26 Å². The Kier molecular flexibility index (Phi) is 2.48. The summed E-state index contributed by atoms with van der Waals surface area (Å²) in [4.78, 5) is 12.5. The van der Waals surface area contributed by atoms with Gasteiger partial charge in [0, 0.05) is 13.1 Å². The molecule has 1 aromatic carbocycles. The molecule has 0 saturated heterocycles. The molecule has 2 heterocycles. The molecule has 0 radical (unpaired) electrons. The van der Waals surface area contributed by atoms with Crippen LogP contribution in [-0.2, 0) is 7.05 Å². The van der Waals surface area contributed by atoms with Crippen molar-refractivity contribution in [2.75, 3.05) is 14.2 Å². The Labute approximate surface area is 109 Å². The Hall–Kier alpha value is -2.43. The molecule has 0 fully saturated rings. The Morgan fingerprint density at radius 3 is 2.63 bits per heavy atom. The third-order valence-electron chi connectivity index (χ3n) is 3.28. The molecule has 0 unspecified atom stereocenters. The molecule has 0 atom stereocenters. The van der Waals surface area contributed by atoms with Crippen molar-refractivity contribution in [2.24, 2.45) is 7.05 Å². The van der Waals surface area contributed by atoms with Crippen LogP contribution in [0.5, 0.6) is 11.5 Å². The lowest BCUT2D eigenvalue weighted by Gasteiger charge is -2.12. The number of benzene rings is 1. The fourth-order valence-electron chi connectivity index (χ4n) is 2.36. The monoisotopic (exact) mass is 259 g/mol. The molecule has 0 spiro atoms. The van der Waals surface area contributed by atoms with E-state index in [0.717, 1.165) is 0 Å². The van der Waals surface area contributed by atoms with Crippen LogP contribution in [0.2, 0.25) is 0 Å². The van der Waals surface area contributed by atoms with Crippen molar-refractivity contribution >= 4 is 22.0 Å². The molecule has 2 aromatic heterocycles. The van der Waals surface area contributed by atoms with Gasteiger partial charge in [0.05, 0.1) is 36.8 Å². The average Bonchev–Trinajstić information content (AvgIpc) is 2.93. The van der Waals surface area contributed by atoms with E-state index in [1.807, 2.05) is 11.6 Å². The number of aryl methyl sites for hydroxylation is 1. The largest absolute Gasteiger partial charge is 0.497 e. The van der Waals surface area contributed by atoms with E-state index >= 15 is 0 Å². The van der Waals surface area contributed by atoms with Gasteiger partial charge in [-0.1, -0.05) is 0 Å². The Bertz CT molecular complexity index is 829. The standard InChI is InChI=1S/C14H13NO4/c1-15-12-10(6-8(17-2)7-11(12)18-3)13(16)9-4-5-19-14(9)15/h4-7H,1-3H3. The number of methoxy groups -OCH3 is 2. The molecule has 0 N–H and O–H groups in total. The fourth-order valence-corrected chi connectivity index (χ4v) is 2.36. The van der Waals surface area contributed by atoms with E-state index in [-0.39, 0.29) is 5.43 Å². The summed E-state index contributed by atoms with van der Waals surface area (Å²) in [5.74, 6) is 1.16. The number of nitrogens with zero attached hydrogens (tertiary/aromatic N) is 1. The minimum Gasteiger partial charge on any atom is -0.497 e. The number of aromatic nitrogens is 1. The van der Waals surface area contributed by atoms with Crippen molar-refractivity contribution in [1.29, 1.82) is 0 Å². The molecule has 0 aliphatic rings. The molecule has 98 valence electrons. The van der Waals surface area contributed by atoms with Crippen LogP contribution in [0.1, 0.15) is 0 Å². The predicted octanol–water partition coefficient (Wildman–Crippen LogP) is 2.30. The van der Waals surface area contributed by atoms with Crippen molar-refractivity contribution in [3.8, 4) is 11.5 Å². The van der Waals surface area contributed by atoms with Gasteiger partial charge in [-0.2, -0.15) is 0 Å². The highest BCUT2D eigenvalue weighted by atomic mass is 16.5. The van der Waals surface area contributed by atoms with Crippen molar-refractivity contribution in [3.63, 3.8) is 0 Å². The summed E-state index contributed by atoms with van der Waals surface area (Å²) in [6.07, 6.45) is 1.51. The minimum atomic E-state index is -0.0888. The molecule has 3 rings (SSSR count). The summed E-state index contributed by atoms with van der Waals surface area (Å²) < 4.78 is 17.7. The maximum absolute atomic E-state index is 12.5. The van der Waals surface area contributed by atoms with Gasteiger partial charge in [-0.05, 0) is 12.1 Å². The number of hydrogen-bond acceptors (Lipinski definition) is 4. The van der Waals surface area contributed by atoms with Crippen LogP contribution in [0, 0.1) is 0 Å². The van der Waals surface area contributed by atoms with Crippen molar-refractivity contribution < 1.29 is 13.9 Å². The van der Waals surface area contributed by atoms with Gasteiger partial charge < -0.3 is 18.5 Å². The molecule has 0 saturated carbocycles. The van der Waals surface area contributed by atoms with E-state index in [2.05, 4.69) is 0 Å². The molecular formula is C14H13NO4. The zero-order valence-corrected chi connectivity index (χ0v) is 10.9. The third-order valence-corrected chi connectivity index (χ3v) is 3.28. The number of furan rings is 1. The van der Waals surface area contributed by atoms with Gasteiger partial charge in [0.25, 0.3) is 0 Å². The first-order valence-corrected chi connectivity index (χ1v) is 5.79. The van der Waals surface area contributed by atoms with E-state index in [1.54, 1.807) is 32.4 Å². The third kappa shape index (κ3) is 1.51. The maximum atomic E-state index is 12.5. The summed E-state index contributed by atoms with van der Waals surface area (Å²) in [6.45, 7) is 0. The second-order valence-electron chi connectivity index (χ2n) is 4.25. The molecule has 19 heavy (non-hydrogen) atoms. The number of pyridine rings is 1. The molecule has 3 aromatic rings. The van der Waals surface area contributed by atoms with Crippen LogP contribution in [0.15, 0.2) is 33.7 Å². The molecule has 0 amide bonds. The van der Waals surface area contributed by atoms with Crippen molar-refractivity contribution in [3.05, 3.63) is 34.7 Å². The summed E-state index contributed by atoms with van der Waals surface area (Å²) in [5.41, 5.74) is 1.13. The summed E-state index contributed by atoms with van der Waals surface area (Å²) in [6, 6.07) is 5.13. The zero-order valence-electron chi connectivity index (χ0n) is 10.9. The number of ether oxygens (including phenoxy) is 2. The predicted molar refractivity (Wildman–Crippen MR) is 72.1 cm³/mol. The SMILES string of the molecule is COc1cc(OC)c2c(c1)c(=O)c1ccoc1n2C. The van der Waals surface area contributed by atoms with Gasteiger partial charge in [-0.3, -0.25) is 4.79 Å². The zero-order chi connectivity index (χ0) is 13.6. The van der Waals surface area contributed by atoms with E-state index in [4.69, 9.17) is 13.9 Å². The Balaban J connectivity index is 2.61. The maximum Gasteiger partial charge on any atom is 0.210 e. The van der Waals surface area contributed by atoms with E-state index in [0.29, 0.717) is 33.5 Å². The normalized spacial score (nSPS) is 11.1. The van der Waals surface area contributed by atoms with Gasteiger partial charge >= 0.3 is 0 Å². The molecular weight excluding hydrogens is 246 g/mol. The number of rotatable bonds is 2. The Morgan fingerprint density at radius 1 is 1.16 bits per heavy atom. The molecule has 5 heteroatoms. The van der Waals surface area contributed by atoms with Gasteiger partial charge in [0.15, 0.2) is 0 Å². The van der Waals surface area contributed by atoms with Crippen LogP contribution >= 0.6 is 0 Å². The van der Waals surface area contributed by atoms with E-state index in [9.17, 15) is 4.79 Å². The first kappa shape index (κ1) is 11.6. The number of hydrogen-bond donors (Lipinski definition) is 0. The first-order chi connectivity index (χ1) is 9.17. The highest BCUT2D eigenvalue weighted by Gasteiger charge is 2.16. The van der Waals surface area contributed by atoms with Crippen LogP contribution in [-0.4, -0.2) is 18.8 Å². The molecule has 0 bridgehead atoms. The summed E-state index contributed by atoms with van der Waals surface area (Å²) in [7, 11) is 4.95. The molecule has 0 aliphatic carbocycles. The molecule has 5 nitrogen and oxygen atoms in total. The van der Waals surface area contributed by atoms with Crippen molar-refractivity contribution in [1.82, 2.24) is 4.57 Å². The second kappa shape index (κ2) is 4.05. The van der Waals surface area contributed by atoms with Crippen LogP contribution in [0.25, 0.3) is 22.0 Å². The average molecular weight is 259 g/mol. The van der Waals surface area contributed by atoms with Crippen molar-refractivity contribution in [2.45, 2.75) is 0 Å². The van der Waals surface area contributed by atoms with Gasteiger partial charge in [0.2, 0.25) is 11.1 Å². The fraction of sp³-hybridized carbons (Fsp3) is 0.214. The Morgan fingerprint density at radius 2 is 1.95 bits per heavy atom. The topological polar surface area (TPSA) is 53.6 Å². The summed E-state index contributed by atoms with van der Waals surface area (Å²) >= 11 is 0. The highest BCUT2D eigenvalue weighted by molar-refractivity contribution is 5.95. The van der Waals surface area contributed by atoms with E-state index < -0.39 is 0 Å². The minimum absolute atomic E-state index is 0.0888. The van der Waals surface area contributed by atoms with Gasteiger partial charge in [0.1, 0.15) is 11.5 Å². The lowest BCUT2D eigenvalue weighted by molar-refractivity contribution is 0.396. The highest BCUT2D eigenvalue weighted by Crippen LogP contribution is 2.31. The van der Waals surface area contributed by atoms with Crippen LogP contribution in [0.3, 0.4) is 0 Å². The lowest BCUT2D eigenvalue weighted by Crippen LogP contribution is -2.09. The van der Waals surface area contributed by atoms with Crippen LogP contribution < -0.4 is 14.9 Å². The second-order valence-corrected chi connectivity index (χ2v) is 4.25. The smallest absolute Gasteiger partial charge is 0.210 e. The first-order valence-electron chi connectivity index (χ1n) is 5.79. The summed E-state index contributed by atoms with van der Waals surface area (Å²) in [5, 5.41) is 1.10. The quantitative estimate of drug-likeness (QED) is 0.708. The van der Waals surface area contributed by atoms with Gasteiger partial charge in [-0.15, -0.1) is 0 Å².